The minimum Gasteiger partial charge on any atom is -0.497 e. The Morgan fingerprint density at radius 1 is 1.21 bits per heavy atom. The van der Waals surface area contributed by atoms with Crippen LogP contribution in [0.25, 0.3) is 0 Å². The molecule has 2 rings (SSSR count). The second kappa shape index (κ2) is 4.76. The molecule has 4 heteroatoms. The Hall–Kier alpha value is -1.71. The first-order valence-electron chi connectivity index (χ1n) is 6.59. The van der Waals surface area contributed by atoms with Crippen LogP contribution in [-0.4, -0.2) is 18.7 Å². The standard InChI is InChI=1S/C15H22N2O2/c1-14(2,3)16-13(18)17-15(9-10-15)11-5-7-12(19-4)8-6-11/h5-8H,9-10H2,1-4H3,(H2,16,17,18). The first-order chi connectivity index (χ1) is 8.85. The largest absolute Gasteiger partial charge is 0.497 e. The molecule has 0 saturated heterocycles. The van der Waals surface area contributed by atoms with E-state index in [4.69, 9.17) is 4.74 Å². The lowest BCUT2D eigenvalue weighted by molar-refractivity contribution is 0.227. The third kappa shape index (κ3) is 3.40. The van der Waals surface area contributed by atoms with Gasteiger partial charge in [-0.25, -0.2) is 4.79 Å². The smallest absolute Gasteiger partial charge is 0.315 e. The van der Waals surface area contributed by atoms with E-state index in [0.29, 0.717) is 0 Å². The molecule has 1 fully saturated rings. The molecular formula is C15H22N2O2. The van der Waals surface area contributed by atoms with Crippen LogP contribution in [0.4, 0.5) is 4.79 Å². The van der Waals surface area contributed by atoms with E-state index in [2.05, 4.69) is 10.6 Å². The molecule has 0 unspecified atom stereocenters. The summed E-state index contributed by atoms with van der Waals surface area (Å²) in [5.74, 6) is 0.832. The highest BCUT2D eigenvalue weighted by Crippen LogP contribution is 2.45. The van der Waals surface area contributed by atoms with E-state index >= 15 is 0 Å². The van der Waals surface area contributed by atoms with Crippen molar-refractivity contribution in [2.45, 2.75) is 44.7 Å². The van der Waals surface area contributed by atoms with Crippen molar-refractivity contribution in [2.75, 3.05) is 7.11 Å². The number of methoxy groups -OCH3 is 1. The number of carbonyl (C=O) groups excluding carboxylic acids is 1. The van der Waals surface area contributed by atoms with E-state index in [1.165, 1.54) is 0 Å². The molecule has 0 atom stereocenters. The van der Waals surface area contributed by atoms with Gasteiger partial charge in [0.2, 0.25) is 0 Å². The van der Waals surface area contributed by atoms with Gasteiger partial charge < -0.3 is 15.4 Å². The van der Waals surface area contributed by atoms with Crippen LogP contribution in [0.1, 0.15) is 39.2 Å². The van der Waals surface area contributed by atoms with Gasteiger partial charge in [0.25, 0.3) is 0 Å². The number of nitrogens with one attached hydrogen (secondary N) is 2. The van der Waals surface area contributed by atoms with Gasteiger partial charge in [-0.2, -0.15) is 0 Å². The van der Waals surface area contributed by atoms with E-state index in [1.54, 1.807) is 7.11 Å². The van der Waals surface area contributed by atoms with Gasteiger partial charge in [0, 0.05) is 5.54 Å². The summed E-state index contributed by atoms with van der Waals surface area (Å²) in [4.78, 5) is 12.0. The van der Waals surface area contributed by atoms with Crippen LogP contribution < -0.4 is 15.4 Å². The lowest BCUT2D eigenvalue weighted by Crippen LogP contribution is -2.49. The van der Waals surface area contributed by atoms with Crippen molar-refractivity contribution in [1.29, 1.82) is 0 Å². The summed E-state index contributed by atoms with van der Waals surface area (Å²) in [6.45, 7) is 5.92. The van der Waals surface area contributed by atoms with Crippen molar-refractivity contribution in [1.82, 2.24) is 10.6 Å². The summed E-state index contributed by atoms with van der Waals surface area (Å²) in [6.07, 6.45) is 1.97. The Morgan fingerprint density at radius 3 is 2.21 bits per heavy atom. The van der Waals surface area contributed by atoms with Crippen molar-refractivity contribution >= 4 is 6.03 Å². The normalized spacial score (nSPS) is 16.6. The van der Waals surface area contributed by atoms with Crippen LogP contribution in [0.2, 0.25) is 0 Å². The predicted molar refractivity (Wildman–Crippen MR) is 75.3 cm³/mol. The molecule has 0 heterocycles. The van der Waals surface area contributed by atoms with Crippen molar-refractivity contribution < 1.29 is 9.53 Å². The fourth-order valence-electron chi connectivity index (χ4n) is 2.11. The fraction of sp³-hybridized carbons (Fsp3) is 0.533. The zero-order chi connectivity index (χ0) is 14.1. The number of rotatable bonds is 3. The minimum atomic E-state index is -0.222. The van der Waals surface area contributed by atoms with Crippen molar-refractivity contribution in [3.63, 3.8) is 0 Å². The molecule has 0 aliphatic heterocycles. The molecule has 1 aromatic carbocycles. The maximum absolute atomic E-state index is 12.0. The molecule has 104 valence electrons. The van der Waals surface area contributed by atoms with Gasteiger partial charge in [0.05, 0.1) is 12.6 Å². The molecule has 0 radical (unpaired) electrons. The van der Waals surface area contributed by atoms with Crippen molar-refractivity contribution in [3.05, 3.63) is 29.8 Å². The van der Waals surface area contributed by atoms with Crippen LogP contribution in [0.3, 0.4) is 0 Å². The van der Waals surface area contributed by atoms with E-state index < -0.39 is 0 Å². The molecule has 1 aromatic rings. The number of ether oxygens (including phenoxy) is 1. The molecule has 1 saturated carbocycles. The summed E-state index contributed by atoms with van der Waals surface area (Å²) in [6, 6.07) is 7.78. The number of hydrogen-bond donors (Lipinski definition) is 2. The SMILES string of the molecule is COc1ccc(C2(NC(=O)NC(C)(C)C)CC2)cc1. The Morgan fingerprint density at radius 2 is 1.79 bits per heavy atom. The third-order valence-corrected chi connectivity index (χ3v) is 3.23. The lowest BCUT2D eigenvalue weighted by atomic mass is 10.0. The summed E-state index contributed by atoms with van der Waals surface area (Å²) in [5, 5.41) is 6.02. The molecule has 0 spiro atoms. The quantitative estimate of drug-likeness (QED) is 0.880. The van der Waals surface area contributed by atoms with Gasteiger partial charge in [0.1, 0.15) is 5.75 Å². The predicted octanol–water partition coefficient (Wildman–Crippen LogP) is 2.78. The fourth-order valence-corrected chi connectivity index (χ4v) is 2.11. The maximum Gasteiger partial charge on any atom is 0.315 e. The zero-order valence-corrected chi connectivity index (χ0v) is 12.0. The monoisotopic (exact) mass is 262 g/mol. The van der Waals surface area contributed by atoms with Crippen LogP contribution in [-0.2, 0) is 5.54 Å². The second-order valence-corrected chi connectivity index (χ2v) is 6.14. The summed E-state index contributed by atoms with van der Waals surface area (Å²) in [5.41, 5.74) is 0.721. The van der Waals surface area contributed by atoms with Gasteiger partial charge in [-0.3, -0.25) is 0 Å². The number of amides is 2. The molecule has 2 N–H and O–H groups in total. The second-order valence-electron chi connectivity index (χ2n) is 6.14. The van der Waals surface area contributed by atoms with Crippen LogP contribution in [0.15, 0.2) is 24.3 Å². The molecule has 0 bridgehead atoms. The number of benzene rings is 1. The summed E-state index contributed by atoms with van der Waals surface area (Å²) >= 11 is 0. The minimum absolute atomic E-state index is 0.110. The van der Waals surface area contributed by atoms with Crippen LogP contribution >= 0.6 is 0 Å². The van der Waals surface area contributed by atoms with Gasteiger partial charge in [-0.1, -0.05) is 12.1 Å². The average molecular weight is 262 g/mol. The molecular weight excluding hydrogens is 240 g/mol. The summed E-state index contributed by atoms with van der Waals surface area (Å²) in [7, 11) is 1.65. The van der Waals surface area contributed by atoms with E-state index in [1.807, 2.05) is 45.0 Å². The maximum atomic E-state index is 12.0. The Kier molecular flexibility index (Phi) is 3.43. The Labute approximate surface area is 114 Å². The zero-order valence-electron chi connectivity index (χ0n) is 12.0. The molecule has 1 aliphatic carbocycles. The molecule has 1 aliphatic rings. The first-order valence-corrected chi connectivity index (χ1v) is 6.59. The molecule has 2 amide bonds. The van der Waals surface area contributed by atoms with Crippen LogP contribution in [0.5, 0.6) is 5.75 Å². The summed E-state index contributed by atoms with van der Waals surface area (Å²) < 4.78 is 5.15. The molecule has 4 nitrogen and oxygen atoms in total. The number of carbonyl (C=O) groups is 1. The number of urea groups is 1. The Balaban J connectivity index is 2.04. The molecule has 0 aromatic heterocycles. The van der Waals surface area contributed by atoms with E-state index in [9.17, 15) is 4.79 Å². The van der Waals surface area contributed by atoms with E-state index in [-0.39, 0.29) is 17.1 Å². The number of hydrogen-bond acceptors (Lipinski definition) is 2. The highest BCUT2D eigenvalue weighted by atomic mass is 16.5. The van der Waals surface area contributed by atoms with Gasteiger partial charge >= 0.3 is 6.03 Å². The average Bonchev–Trinajstić information content (AvgIpc) is 3.07. The lowest BCUT2D eigenvalue weighted by Gasteiger charge is -2.24. The van der Waals surface area contributed by atoms with Crippen molar-refractivity contribution in [3.8, 4) is 5.75 Å². The van der Waals surface area contributed by atoms with Gasteiger partial charge in [-0.05, 0) is 51.3 Å². The highest BCUT2D eigenvalue weighted by molar-refractivity contribution is 5.76. The van der Waals surface area contributed by atoms with E-state index in [0.717, 1.165) is 24.2 Å². The highest BCUT2D eigenvalue weighted by Gasteiger charge is 2.45. The van der Waals surface area contributed by atoms with Gasteiger partial charge in [0.15, 0.2) is 0 Å². The van der Waals surface area contributed by atoms with Gasteiger partial charge in [-0.15, -0.1) is 0 Å². The first kappa shape index (κ1) is 13.7. The Bertz CT molecular complexity index is 456. The van der Waals surface area contributed by atoms with Crippen molar-refractivity contribution in [2.24, 2.45) is 0 Å². The van der Waals surface area contributed by atoms with Crippen LogP contribution in [0, 0.1) is 0 Å². The topological polar surface area (TPSA) is 50.4 Å². The molecule has 19 heavy (non-hydrogen) atoms. The third-order valence-electron chi connectivity index (χ3n) is 3.23.